The van der Waals surface area contributed by atoms with Crippen LogP contribution in [-0.4, -0.2) is 52.5 Å². The van der Waals surface area contributed by atoms with Crippen molar-refractivity contribution in [2.24, 2.45) is 0 Å². The van der Waals surface area contributed by atoms with E-state index in [-0.39, 0.29) is 16.1 Å². The Morgan fingerprint density at radius 2 is 1.44 bits per heavy atom. The molecule has 5 rings (SSSR count). The molecule has 3 aromatic carbocycles. The van der Waals surface area contributed by atoms with Crippen LogP contribution in [0, 0.1) is 0 Å². The van der Waals surface area contributed by atoms with Gasteiger partial charge in [-0.3, -0.25) is 4.79 Å². The molecular weight excluding hydrogens is 426 g/mol. The van der Waals surface area contributed by atoms with Gasteiger partial charge in [-0.05, 0) is 43.4 Å². The van der Waals surface area contributed by atoms with Gasteiger partial charge in [0.2, 0.25) is 0 Å². The second-order valence-electron chi connectivity index (χ2n) is 7.90. The van der Waals surface area contributed by atoms with Crippen LogP contribution in [-0.2, 0) is 10.0 Å². The molecule has 1 fully saturated rings. The average molecular weight is 450 g/mol. The Labute approximate surface area is 187 Å². The van der Waals surface area contributed by atoms with Crippen LogP contribution >= 0.6 is 0 Å². The van der Waals surface area contributed by atoms with Gasteiger partial charge in [-0.25, -0.2) is 8.42 Å². The summed E-state index contributed by atoms with van der Waals surface area (Å²) in [6.07, 6.45) is 0. The number of ether oxygens (including phenoxy) is 1. The van der Waals surface area contributed by atoms with Gasteiger partial charge in [-0.1, -0.05) is 36.4 Å². The normalized spacial score (nSPS) is 16.7. The van der Waals surface area contributed by atoms with Crippen LogP contribution in [0.3, 0.4) is 0 Å². The number of carbonyl (C=O) groups excluding carboxylic acids is 1. The quantitative estimate of drug-likeness (QED) is 0.609. The van der Waals surface area contributed by atoms with Crippen LogP contribution in [0.4, 0.5) is 11.4 Å². The highest BCUT2D eigenvalue weighted by Crippen LogP contribution is 2.45. The van der Waals surface area contributed by atoms with E-state index >= 15 is 0 Å². The molecule has 0 spiro atoms. The maximum Gasteiger partial charge on any atom is 0.276 e. The second kappa shape index (κ2) is 7.96. The molecule has 0 aromatic heterocycles. The van der Waals surface area contributed by atoms with Gasteiger partial charge in [0.15, 0.2) is 11.5 Å². The number of fused-ring (bicyclic) bond motifs is 2. The number of carbonyl (C=O) groups is 1. The lowest BCUT2D eigenvalue weighted by Gasteiger charge is -2.35. The number of piperazine rings is 1. The minimum atomic E-state index is -4.15. The fraction of sp³-hybridized carbons (Fsp3) is 0.208. The third-order valence-electron chi connectivity index (χ3n) is 5.83. The molecule has 3 aromatic rings. The number of anilines is 2. The molecule has 0 unspecified atom stereocenters. The van der Waals surface area contributed by atoms with Crippen LogP contribution in [0.25, 0.3) is 0 Å². The van der Waals surface area contributed by atoms with Crippen molar-refractivity contribution in [1.29, 1.82) is 0 Å². The lowest BCUT2D eigenvalue weighted by Crippen LogP contribution is -2.44. The Morgan fingerprint density at radius 1 is 0.781 bits per heavy atom. The van der Waals surface area contributed by atoms with E-state index in [0.717, 1.165) is 36.2 Å². The first kappa shape index (κ1) is 20.5. The number of hydrogen-bond donors (Lipinski definition) is 0. The number of para-hydroxylation sites is 3. The van der Waals surface area contributed by atoms with Gasteiger partial charge >= 0.3 is 0 Å². The Balaban J connectivity index is 1.68. The van der Waals surface area contributed by atoms with Crippen molar-refractivity contribution in [3.63, 3.8) is 0 Å². The first-order chi connectivity index (χ1) is 15.5. The maximum atomic E-state index is 13.7. The predicted molar refractivity (Wildman–Crippen MR) is 123 cm³/mol. The van der Waals surface area contributed by atoms with Gasteiger partial charge in [0.1, 0.15) is 5.69 Å². The lowest BCUT2D eigenvalue weighted by atomic mass is 10.1. The standard InChI is InChI=1S/C24H23N3O4S/c1-25-14-16-26(17-15-25)21-12-7-10-19-23(21)31-22-13-6-5-11-20(22)27(24(19)28)32(29,30)18-8-3-2-4-9-18/h2-13H,14-17H2,1H3. The van der Waals surface area contributed by atoms with Gasteiger partial charge in [-0.2, -0.15) is 4.31 Å². The highest BCUT2D eigenvalue weighted by molar-refractivity contribution is 7.93. The Kier molecular flexibility index (Phi) is 5.11. The van der Waals surface area contributed by atoms with Gasteiger partial charge in [0.05, 0.1) is 16.1 Å². The van der Waals surface area contributed by atoms with Crippen LogP contribution in [0.1, 0.15) is 10.4 Å². The fourth-order valence-corrected chi connectivity index (χ4v) is 5.51. The molecule has 2 aliphatic heterocycles. The highest BCUT2D eigenvalue weighted by Gasteiger charge is 2.38. The van der Waals surface area contributed by atoms with E-state index in [2.05, 4.69) is 16.8 Å². The van der Waals surface area contributed by atoms with Crippen LogP contribution in [0.2, 0.25) is 0 Å². The van der Waals surface area contributed by atoms with Crippen molar-refractivity contribution in [3.05, 3.63) is 78.4 Å². The molecule has 8 heteroatoms. The molecule has 0 atom stereocenters. The minimum absolute atomic E-state index is 0.0434. The highest BCUT2D eigenvalue weighted by atomic mass is 32.2. The second-order valence-corrected chi connectivity index (χ2v) is 9.69. The summed E-state index contributed by atoms with van der Waals surface area (Å²) in [6, 6.07) is 20.0. The summed E-state index contributed by atoms with van der Waals surface area (Å²) in [5.74, 6) is 0.0747. The molecular formula is C24H23N3O4S. The summed E-state index contributed by atoms with van der Waals surface area (Å²) in [6.45, 7) is 3.36. The largest absolute Gasteiger partial charge is 0.452 e. The molecule has 2 aliphatic rings. The van der Waals surface area contributed by atoms with Crippen molar-refractivity contribution in [1.82, 2.24) is 4.90 Å². The summed E-state index contributed by atoms with van der Waals surface area (Å²) < 4.78 is 34.3. The minimum Gasteiger partial charge on any atom is -0.452 e. The smallest absolute Gasteiger partial charge is 0.276 e. The van der Waals surface area contributed by atoms with E-state index in [1.807, 2.05) is 6.07 Å². The number of amides is 1. The Morgan fingerprint density at radius 3 is 2.19 bits per heavy atom. The third kappa shape index (κ3) is 3.41. The average Bonchev–Trinajstić information content (AvgIpc) is 2.94. The van der Waals surface area contributed by atoms with Crippen molar-refractivity contribution in [3.8, 4) is 11.5 Å². The van der Waals surface area contributed by atoms with E-state index in [0.29, 0.717) is 11.5 Å². The van der Waals surface area contributed by atoms with Gasteiger partial charge in [0, 0.05) is 26.2 Å². The molecule has 0 aliphatic carbocycles. The van der Waals surface area contributed by atoms with E-state index in [9.17, 15) is 13.2 Å². The predicted octanol–water partition coefficient (Wildman–Crippen LogP) is 3.58. The summed E-state index contributed by atoms with van der Waals surface area (Å²) in [7, 11) is -2.08. The monoisotopic (exact) mass is 449 g/mol. The Hall–Kier alpha value is -3.36. The topological polar surface area (TPSA) is 70.2 Å². The van der Waals surface area contributed by atoms with Crippen LogP contribution in [0.5, 0.6) is 11.5 Å². The third-order valence-corrected chi connectivity index (χ3v) is 7.54. The first-order valence-electron chi connectivity index (χ1n) is 10.4. The molecule has 0 saturated carbocycles. The summed E-state index contributed by atoms with van der Waals surface area (Å²) in [5.41, 5.74) is 1.21. The number of benzene rings is 3. The molecule has 0 bridgehead atoms. The molecule has 1 saturated heterocycles. The van der Waals surface area contributed by atoms with Crippen molar-refractivity contribution in [2.45, 2.75) is 4.90 Å². The number of hydrogen-bond acceptors (Lipinski definition) is 6. The van der Waals surface area contributed by atoms with E-state index < -0.39 is 15.9 Å². The van der Waals surface area contributed by atoms with Crippen molar-refractivity contribution in [2.75, 3.05) is 42.4 Å². The number of likely N-dealkylation sites (N-methyl/N-ethyl adjacent to an activating group) is 1. The van der Waals surface area contributed by atoms with Crippen LogP contribution < -0.4 is 13.9 Å². The van der Waals surface area contributed by atoms with E-state index in [1.54, 1.807) is 54.6 Å². The van der Waals surface area contributed by atoms with Crippen molar-refractivity contribution < 1.29 is 17.9 Å². The molecule has 0 radical (unpaired) electrons. The van der Waals surface area contributed by atoms with Crippen molar-refractivity contribution >= 4 is 27.3 Å². The van der Waals surface area contributed by atoms with E-state index in [1.165, 1.54) is 12.1 Å². The Bertz CT molecular complexity index is 1270. The molecule has 2 heterocycles. The molecule has 32 heavy (non-hydrogen) atoms. The number of sulfonamides is 1. The number of nitrogens with zero attached hydrogens (tertiary/aromatic N) is 3. The lowest BCUT2D eigenvalue weighted by molar-refractivity contribution is 0.101. The van der Waals surface area contributed by atoms with Gasteiger partial charge in [0.25, 0.3) is 15.9 Å². The molecule has 164 valence electrons. The summed E-state index contributed by atoms with van der Waals surface area (Å²) >= 11 is 0. The zero-order chi connectivity index (χ0) is 22.3. The first-order valence-corrected chi connectivity index (χ1v) is 11.9. The fourth-order valence-electron chi connectivity index (χ4n) is 4.07. The number of rotatable bonds is 3. The molecule has 7 nitrogen and oxygen atoms in total. The maximum absolute atomic E-state index is 13.7. The van der Waals surface area contributed by atoms with Gasteiger partial charge < -0.3 is 14.5 Å². The van der Waals surface area contributed by atoms with Gasteiger partial charge in [-0.15, -0.1) is 0 Å². The van der Waals surface area contributed by atoms with Crippen LogP contribution in [0.15, 0.2) is 77.7 Å². The zero-order valence-corrected chi connectivity index (χ0v) is 18.5. The zero-order valence-electron chi connectivity index (χ0n) is 17.6. The summed E-state index contributed by atoms with van der Waals surface area (Å²) in [5, 5.41) is 0. The molecule has 1 amide bonds. The van der Waals surface area contributed by atoms with E-state index in [4.69, 9.17) is 4.74 Å². The summed E-state index contributed by atoms with van der Waals surface area (Å²) in [4.78, 5) is 18.2. The molecule has 0 N–H and O–H groups in total. The SMILES string of the molecule is CN1CCN(c2cccc3c2Oc2ccccc2N(S(=O)(=O)c2ccccc2)C3=O)CC1.